The number of fused-ring (bicyclic) bond motifs is 1. The zero-order valence-electron chi connectivity index (χ0n) is 10.3. The molecule has 1 aliphatic rings. The summed E-state index contributed by atoms with van der Waals surface area (Å²) < 4.78 is 18.7. The standard InChI is InChI=1S/C15H14FNO2/c16-11-2-3-13(17)12(8-11)15(18)10-1-4-14-9(7-10)5-6-19-14/h1-4,7-8,15,18H,5-6,17H2. The summed E-state index contributed by atoms with van der Waals surface area (Å²) in [5.41, 5.74) is 8.31. The molecule has 1 unspecified atom stereocenters. The maximum atomic E-state index is 13.3. The Morgan fingerprint density at radius 3 is 2.89 bits per heavy atom. The van der Waals surface area contributed by atoms with Gasteiger partial charge in [0.15, 0.2) is 0 Å². The van der Waals surface area contributed by atoms with Crippen LogP contribution in [0.15, 0.2) is 36.4 Å². The van der Waals surface area contributed by atoms with Crippen molar-refractivity contribution in [2.75, 3.05) is 12.3 Å². The molecule has 1 aliphatic heterocycles. The molecule has 0 amide bonds. The van der Waals surface area contributed by atoms with Crippen LogP contribution in [0.25, 0.3) is 0 Å². The van der Waals surface area contributed by atoms with Crippen LogP contribution in [0.1, 0.15) is 22.8 Å². The zero-order valence-corrected chi connectivity index (χ0v) is 10.3. The second-order valence-corrected chi connectivity index (χ2v) is 4.64. The lowest BCUT2D eigenvalue weighted by Crippen LogP contribution is -2.04. The fourth-order valence-corrected chi connectivity index (χ4v) is 2.34. The number of rotatable bonds is 2. The molecule has 0 saturated carbocycles. The Morgan fingerprint density at radius 2 is 2.05 bits per heavy atom. The number of hydrogen-bond donors (Lipinski definition) is 2. The second kappa shape index (κ2) is 4.55. The Labute approximate surface area is 110 Å². The predicted octanol–water partition coefficient (Wildman–Crippen LogP) is 2.42. The molecule has 0 radical (unpaired) electrons. The average molecular weight is 259 g/mol. The first-order chi connectivity index (χ1) is 9.15. The third-order valence-corrected chi connectivity index (χ3v) is 3.37. The maximum Gasteiger partial charge on any atom is 0.123 e. The van der Waals surface area contributed by atoms with Gasteiger partial charge in [0, 0.05) is 17.7 Å². The predicted molar refractivity (Wildman–Crippen MR) is 70.5 cm³/mol. The number of benzene rings is 2. The van der Waals surface area contributed by atoms with E-state index in [1.807, 2.05) is 12.1 Å². The number of aliphatic hydroxyl groups excluding tert-OH is 1. The van der Waals surface area contributed by atoms with Gasteiger partial charge in [-0.3, -0.25) is 0 Å². The highest BCUT2D eigenvalue weighted by Crippen LogP contribution is 2.32. The fourth-order valence-electron chi connectivity index (χ4n) is 2.34. The van der Waals surface area contributed by atoms with Crippen LogP contribution in [0.4, 0.5) is 10.1 Å². The molecule has 1 heterocycles. The van der Waals surface area contributed by atoms with E-state index in [0.717, 1.165) is 17.7 Å². The third-order valence-electron chi connectivity index (χ3n) is 3.37. The Morgan fingerprint density at radius 1 is 1.21 bits per heavy atom. The van der Waals surface area contributed by atoms with Crippen LogP contribution in [-0.4, -0.2) is 11.7 Å². The maximum absolute atomic E-state index is 13.3. The lowest BCUT2D eigenvalue weighted by molar-refractivity contribution is 0.220. The normalized spacial score (nSPS) is 14.8. The number of ether oxygens (including phenoxy) is 1. The first kappa shape index (κ1) is 12.0. The second-order valence-electron chi connectivity index (χ2n) is 4.64. The van der Waals surface area contributed by atoms with E-state index in [1.165, 1.54) is 18.2 Å². The Bertz CT molecular complexity index is 628. The quantitative estimate of drug-likeness (QED) is 0.814. The minimum absolute atomic E-state index is 0.380. The molecular formula is C15H14FNO2. The van der Waals surface area contributed by atoms with Gasteiger partial charge in [-0.2, -0.15) is 0 Å². The van der Waals surface area contributed by atoms with E-state index in [0.29, 0.717) is 23.4 Å². The molecule has 3 N–H and O–H groups in total. The minimum Gasteiger partial charge on any atom is -0.493 e. The van der Waals surface area contributed by atoms with Gasteiger partial charge < -0.3 is 15.6 Å². The lowest BCUT2D eigenvalue weighted by atomic mass is 9.97. The minimum atomic E-state index is -0.929. The monoisotopic (exact) mass is 259 g/mol. The highest BCUT2D eigenvalue weighted by molar-refractivity contribution is 5.52. The number of hydrogen-bond acceptors (Lipinski definition) is 3. The zero-order chi connectivity index (χ0) is 13.4. The summed E-state index contributed by atoms with van der Waals surface area (Å²) in [5, 5.41) is 10.3. The summed E-state index contributed by atoms with van der Waals surface area (Å²) in [6, 6.07) is 9.50. The molecule has 0 spiro atoms. The van der Waals surface area contributed by atoms with Gasteiger partial charge in [-0.15, -0.1) is 0 Å². The Balaban J connectivity index is 1.99. The summed E-state index contributed by atoms with van der Waals surface area (Å²) in [7, 11) is 0. The van der Waals surface area contributed by atoms with Gasteiger partial charge in [0.1, 0.15) is 17.7 Å². The largest absolute Gasteiger partial charge is 0.493 e. The van der Waals surface area contributed by atoms with Crippen LogP contribution in [0.2, 0.25) is 0 Å². The molecular weight excluding hydrogens is 245 g/mol. The van der Waals surface area contributed by atoms with Crippen molar-refractivity contribution in [3.8, 4) is 5.75 Å². The Kier molecular flexibility index (Phi) is 2.87. The molecule has 0 saturated heterocycles. The van der Waals surface area contributed by atoms with E-state index in [1.54, 1.807) is 6.07 Å². The van der Waals surface area contributed by atoms with Gasteiger partial charge >= 0.3 is 0 Å². The van der Waals surface area contributed by atoms with Crippen molar-refractivity contribution in [3.05, 3.63) is 58.9 Å². The molecule has 2 aromatic carbocycles. The lowest BCUT2D eigenvalue weighted by Gasteiger charge is -2.15. The van der Waals surface area contributed by atoms with Crippen molar-refractivity contribution in [2.45, 2.75) is 12.5 Å². The molecule has 4 heteroatoms. The molecule has 98 valence electrons. The first-order valence-electron chi connectivity index (χ1n) is 6.14. The van der Waals surface area contributed by atoms with Crippen molar-refractivity contribution in [1.29, 1.82) is 0 Å². The van der Waals surface area contributed by atoms with E-state index < -0.39 is 11.9 Å². The SMILES string of the molecule is Nc1ccc(F)cc1C(O)c1ccc2c(c1)CCO2. The van der Waals surface area contributed by atoms with Gasteiger partial charge in [0.25, 0.3) is 0 Å². The number of aliphatic hydroxyl groups is 1. The van der Waals surface area contributed by atoms with Crippen LogP contribution in [-0.2, 0) is 6.42 Å². The summed E-state index contributed by atoms with van der Waals surface area (Å²) in [5.74, 6) is 0.441. The number of nitrogens with two attached hydrogens (primary N) is 1. The van der Waals surface area contributed by atoms with Gasteiger partial charge in [-0.25, -0.2) is 4.39 Å². The molecule has 19 heavy (non-hydrogen) atoms. The summed E-state index contributed by atoms with van der Waals surface area (Å²) >= 11 is 0. The molecule has 2 aromatic rings. The molecule has 0 bridgehead atoms. The van der Waals surface area contributed by atoms with Gasteiger partial charge in [0.05, 0.1) is 6.61 Å². The van der Waals surface area contributed by atoms with Crippen molar-refractivity contribution in [2.24, 2.45) is 0 Å². The number of halogens is 1. The summed E-state index contributed by atoms with van der Waals surface area (Å²) in [6.07, 6.45) is -0.101. The molecule has 1 atom stereocenters. The van der Waals surface area contributed by atoms with Crippen molar-refractivity contribution < 1.29 is 14.2 Å². The van der Waals surface area contributed by atoms with E-state index in [2.05, 4.69) is 0 Å². The fraction of sp³-hybridized carbons (Fsp3) is 0.200. The number of anilines is 1. The van der Waals surface area contributed by atoms with Crippen LogP contribution < -0.4 is 10.5 Å². The highest BCUT2D eigenvalue weighted by atomic mass is 19.1. The first-order valence-corrected chi connectivity index (χ1v) is 6.14. The molecule has 0 fully saturated rings. The molecule has 0 aliphatic carbocycles. The number of nitrogen functional groups attached to an aromatic ring is 1. The van der Waals surface area contributed by atoms with Crippen molar-refractivity contribution in [3.63, 3.8) is 0 Å². The van der Waals surface area contributed by atoms with Gasteiger partial charge in [0.2, 0.25) is 0 Å². The molecule has 0 aromatic heterocycles. The summed E-state index contributed by atoms with van der Waals surface area (Å²) in [4.78, 5) is 0. The van der Waals surface area contributed by atoms with E-state index in [-0.39, 0.29) is 0 Å². The van der Waals surface area contributed by atoms with E-state index in [9.17, 15) is 9.50 Å². The van der Waals surface area contributed by atoms with Gasteiger partial charge in [-0.1, -0.05) is 6.07 Å². The molecule has 3 rings (SSSR count). The third kappa shape index (κ3) is 2.15. The molecule has 3 nitrogen and oxygen atoms in total. The Hall–Kier alpha value is -2.07. The van der Waals surface area contributed by atoms with Gasteiger partial charge in [-0.05, 0) is 41.5 Å². The van der Waals surface area contributed by atoms with Crippen LogP contribution in [0, 0.1) is 5.82 Å². The highest BCUT2D eigenvalue weighted by Gasteiger charge is 2.18. The average Bonchev–Trinajstić information content (AvgIpc) is 2.88. The topological polar surface area (TPSA) is 55.5 Å². The van der Waals surface area contributed by atoms with Crippen LogP contribution >= 0.6 is 0 Å². The van der Waals surface area contributed by atoms with Crippen molar-refractivity contribution in [1.82, 2.24) is 0 Å². The smallest absolute Gasteiger partial charge is 0.123 e. The van der Waals surface area contributed by atoms with Crippen LogP contribution in [0.5, 0.6) is 5.75 Å². The van der Waals surface area contributed by atoms with Crippen LogP contribution in [0.3, 0.4) is 0 Å². The van der Waals surface area contributed by atoms with E-state index in [4.69, 9.17) is 10.5 Å². The van der Waals surface area contributed by atoms with E-state index >= 15 is 0 Å². The summed E-state index contributed by atoms with van der Waals surface area (Å²) in [6.45, 7) is 0.664. The van der Waals surface area contributed by atoms with Crippen molar-refractivity contribution >= 4 is 5.69 Å².